The highest BCUT2D eigenvalue weighted by molar-refractivity contribution is 5.84. The fraction of sp³-hybridized carbons (Fsp3) is 0.526. The number of nitrogens with two attached hydrogens (primary N) is 1. The summed E-state index contributed by atoms with van der Waals surface area (Å²) in [6.45, 7) is 2.86. The van der Waals surface area contributed by atoms with Gasteiger partial charge in [0.2, 0.25) is 0 Å². The molecule has 1 aromatic heterocycles. The first-order valence-corrected chi connectivity index (χ1v) is 8.86. The zero-order valence-corrected chi connectivity index (χ0v) is 14.1. The van der Waals surface area contributed by atoms with Crippen molar-refractivity contribution >= 4 is 16.9 Å². The van der Waals surface area contributed by atoms with Crippen molar-refractivity contribution in [3.05, 3.63) is 35.5 Å². The maximum atomic E-state index is 6.08. The first kappa shape index (κ1) is 15.9. The number of rotatable bonds is 4. The van der Waals surface area contributed by atoms with Crippen LogP contribution >= 0.6 is 0 Å². The number of aromatic amines is 1. The van der Waals surface area contributed by atoms with Crippen LogP contribution < -0.4 is 11.1 Å². The molecular formula is C19H28N4. The summed E-state index contributed by atoms with van der Waals surface area (Å²) in [6, 6.07) is 8.96. The fourth-order valence-electron chi connectivity index (χ4n) is 3.62. The van der Waals surface area contributed by atoms with Crippen molar-refractivity contribution in [2.75, 3.05) is 6.54 Å². The van der Waals surface area contributed by atoms with Crippen molar-refractivity contribution in [3.8, 4) is 0 Å². The Bertz CT molecular complexity index is 663. The van der Waals surface area contributed by atoms with E-state index in [0.717, 1.165) is 13.0 Å². The number of nitrogens with zero attached hydrogens (tertiary/aromatic N) is 1. The summed E-state index contributed by atoms with van der Waals surface area (Å²) >= 11 is 0. The molecule has 4 heteroatoms. The molecule has 0 unspecified atom stereocenters. The molecule has 1 aliphatic rings. The Balaban J connectivity index is 1.57. The molecule has 0 amide bonds. The standard InChI is InChI=1S/C19H28N4/c1-14-16(17-10-6-7-11-18(17)22-14)12-13-21-19(20)23-15-8-4-2-3-5-9-15/h6-7,10-11,15,22H,2-5,8-9,12-13H2,1H3,(H3,20,21,23). The van der Waals surface area contributed by atoms with Gasteiger partial charge in [-0.25, -0.2) is 0 Å². The van der Waals surface area contributed by atoms with Crippen molar-refractivity contribution < 1.29 is 0 Å². The predicted molar refractivity (Wildman–Crippen MR) is 97.9 cm³/mol. The van der Waals surface area contributed by atoms with Gasteiger partial charge in [0.1, 0.15) is 0 Å². The van der Waals surface area contributed by atoms with Crippen LogP contribution in [-0.4, -0.2) is 23.5 Å². The summed E-state index contributed by atoms with van der Waals surface area (Å²) in [6.07, 6.45) is 8.68. The second-order valence-electron chi connectivity index (χ2n) is 6.62. The third-order valence-electron chi connectivity index (χ3n) is 4.88. The average molecular weight is 312 g/mol. The van der Waals surface area contributed by atoms with Gasteiger partial charge >= 0.3 is 0 Å². The van der Waals surface area contributed by atoms with E-state index in [1.54, 1.807) is 0 Å². The first-order chi connectivity index (χ1) is 11.2. The Morgan fingerprint density at radius 1 is 1.22 bits per heavy atom. The zero-order chi connectivity index (χ0) is 16.1. The number of hydrogen-bond acceptors (Lipinski definition) is 1. The number of nitrogens with one attached hydrogen (secondary N) is 2. The van der Waals surface area contributed by atoms with Gasteiger partial charge in [-0.05, 0) is 37.8 Å². The normalized spacial score (nSPS) is 17.3. The number of para-hydroxylation sites is 1. The lowest BCUT2D eigenvalue weighted by molar-refractivity contribution is 0.530. The lowest BCUT2D eigenvalue weighted by Crippen LogP contribution is -2.40. The summed E-state index contributed by atoms with van der Waals surface area (Å²) in [5.41, 5.74) is 9.87. The van der Waals surface area contributed by atoms with Gasteiger partial charge in [-0.15, -0.1) is 0 Å². The van der Waals surface area contributed by atoms with Crippen molar-refractivity contribution in [2.45, 2.75) is 57.9 Å². The minimum atomic E-state index is 0.510. The summed E-state index contributed by atoms with van der Waals surface area (Å²) in [4.78, 5) is 7.98. The van der Waals surface area contributed by atoms with Crippen molar-refractivity contribution in [3.63, 3.8) is 0 Å². The lowest BCUT2D eigenvalue weighted by atomic mass is 10.1. The maximum absolute atomic E-state index is 6.08. The van der Waals surface area contributed by atoms with Crippen LogP contribution in [0.15, 0.2) is 29.3 Å². The van der Waals surface area contributed by atoms with Crippen LogP contribution in [0.4, 0.5) is 0 Å². The second-order valence-corrected chi connectivity index (χ2v) is 6.62. The summed E-state index contributed by atoms with van der Waals surface area (Å²) in [5, 5.41) is 4.71. The average Bonchev–Trinajstić information content (AvgIpc) is 2.71. The molecule has 0 atom stereocenters. The van der Waals surface area contributed by atoms with Crippen LogP contribution in [-0.2, 0) is 6.42 Å². The van der Waals surface area contributed by atoms with Gasteiger partial charge in [-0.3, -0.25) is 4.99 Å². The molecule has 0 bridgehead atoms. The molecule has 124 valence electrons. The van der Waals surface area contributed by atoms with E-state index >= 15 is 0 Å². The Labute approximate surface area is 138 Å². The number of aromatic nitrogens is 1. The minimum Gasteiger partial charge on any atom is -0.370 e. The van der Waals surface area contributed by atoms with E-state index in [-0.39, 0.29) is 0 Å². The molecule has 4 nitrogen and oxygen atoms in total. The van der Waals surface area contributed by atoms with Gasteiger partial charge in [-0.2, -0.15) is 0 Å². The zero-order valence-electron chi connectivity index (χ0n) is 14.1. The Morgan fingerprint density at radius 3 is 2.74 bits per heavy atom. The van der Waals surface area contributed by atoms with E-state index in [2.05, 4.69) is 46.5 Å². The molecule has 1 saturated carbocycles. The maximum Gasteiger partial charge on any atom is 0.188 e. The van der Waals surface area contributed by atoms with Gasteiger partial charge in [0.05, 0.1) is 0 Å². The van der Waals surface area contributed by atoms with Crippen LogP contribution in [0.2, 0.25) is 0 Å². The highest BCUT2D eigenvalue weighted by Gasteiger charge is 2.12. The molecule has 4 N–H and O–H groups in total. The molecule has 3 rings (SSSR count). The van der Waals surface area contributed by atoms with Gasteiger partial charge in [0.25, 0.3) is 0 Å². The van der Waals surface area contributed by atoms with Crippen LogP contribution in [0, 0.1) is 6.92 Å². The molecule has 0 spiro atoms. The molecule has 0 saturated heterocycles. The second kappa shape index (κ2) is 7.53. The molecule has 23 heavy (non-hydrogen) atoms. The summed E-state index contributed by atoms with van der Waals surface area (Å²) < 4.78 is 0. The van der Waals surface area contributed by atoms with Crippen molar-refractivity contribution in [1.82, 2.24) is 10.3 Å². The molecule has 0 aliphatic heterocycles. The Kier molecular flexibility index (Phi) is 5.21. The number of guanidine groups is 1. The number of aryl methyl sites for hydroxylation is 1. The van der Waals surface area contributed by atoms with E-state index in [4.69, 9.17) is 5.73 Å². The smallest absolute Gasteiger partial charge is 0.188 e. The van der Waals surface area contributed by atoms with E-state index in [1.807, 2.05) is 0 Å². The Hall–Kier alpha value is -1.97. The van der Waals surface area contributed by atoms with Crippen molar-refractivity contribution in [1.29, 1.82) is 0 Å². The Morgan fingerprint density at radius 2 is 1.96 bits per heavy atom. The molecule has 1 heterocycles. The largest absolute Gasteiger partial charge is 0.370 e. The molecule has 0 radical (unpaired) electrons. The van der Waals surface area contributed by atoms with E-state index in [0.29, 0.717) is 12.0 Å². The summed E-state index contributed by atoms with van der Waals surface area (Å²) in [5.74, 6) is 0.606. The molecule has 1 fully saturated rings. The third-order valence-corrected chi connectivity index (χ3v) is 4.88. The van der Waals surface area contributed by atoms with Gasteiger partial charge < -0.3 is 16.0 Å². The van der Waals surface area contributed by atoms with Crippen LogP contribution in [0.3, 0.4) is 0 Å². The fourth-order valence-corrected chi connectivity index (χ4v) is 3.62. The van der Waals surface area contributed by atoms with E-state index < -0.39 is 0 Å². The molecular weight excluding hydrogens is 284 g/mol. The highest BCUT2D eigenvalue weighted by atomic mass is 15.1. The van der Waals surface area contributed by atoms with Gasteiger partial charge in [0.15, 0.2) is 5.96 Å². The minimum absolute atomic E-state index is 0.510. The topological polar surface area (TPSA) is 66.2 Å². The molecule has 1 aliphatic carbocycles. The highest BCUT2D eigenvalue weighted by Crippen LogP contribution is 2.22. The number of H-pyrrole nitrogens is 1. The quantitative estimate of drug-likeness (QED) is 0.458. The number of hydrogen-bond donors (Lipinski definition) is 3. The number of benzene rings is 1. The van der Waals surface area contributed by atoms with Gasteiger partial charge in [-0.1, -0.05) is 43.9 Å². The molecule has 1 aromatic carbocycles. The van der Waals surface area contributed by atoms with E-state index in [1.165, 1.54) is 60.7 Å². The van der Waals surface area contributed by atoms with Crippen LogP contribution in [0.5, 0.6) is 0 Å². The monoisotopic (exact) mass is 312 g/mol. The number of fused-ring (bicyclic) bond motifs is 1. The predicted octanol–water partition coefficient (Wildman–Crippen LogP) is 3.65. The van der Waals surface area contributed by atoms with Crippen LogP contribution in [0.25, 0.3) is 10.9 Å². The van der Waals surface area contributed by atoms with Gasteiger partial charge in [0, 0.05) is 29.2 Å². The molecule has 2 aromatic rings. The third kappa shape index (κ3) is 4.06. The lowest BCUT2D eigenvalue weighted by Gasteiger charge is -2.16. The SMILES string of the molecule is Cc1[nH]c2ccccc2c1CCN=C(N)NC1CCCCCC1. The van der Waals surface area contributed by atoms with Crippen LogP contribution in [0.1, 0.15) is 49.8 Å². The first-order valence-electron chi connectivity index (χ1n) is 8.86. The summed E-state index contributed by atoms with van der Waals surface area (Å²) in [7, 11) is 0. The van der Waals surface area contributed by atoms with Crippen molar-refractivity contribution in [2.24, 2.45) is 10.7 Å². The number of aliphatic imine (C=N–C) groups is 1. The van der Waals surface area contributed by atoms with E-state index in [9.17, 15) is 0 Å².